The van der Waals surface area contributed by atoms with Crippen LogP contribution >= 0.6 is 31.9 Å². The number of para-hydroxylation sites is 1. The van der Waals surface area contributed by atoms with Crippen LogP contribution in [0.2, 0.25) is 0 Å². The van der Waals surface area contributed by atoms with Gasteiger partial charge < -0.3 is 4.74 Å². The van der Waals surface area contributed by atoms with Crippen LogP contribution in [0.3, 0.4) is 0 Å². The van der Waals surface area contributed by atoms with Crippen LogP contribution in [0.15, 0.2) is 46.9 Å². The first kappa shape index (κ1) is 14.0. The Bertz CT molecular complexity index is 617. The molecule has 0 unspecified atom stereocenters. The monoisotopic (exact) mass is 385 g/mol. The van der Waals surface area contributed by atoms with Crippen LogP contribution < -0.4 is 4.74 Å². The van der Waals surface area contributed by atoms with E-state index in [1.807, 2.05) is 24.3 Å². The predicted molar refractivity (Wildman–Crippen MR) is 79.9 cm³/mol. The second kappa shape index (κ2) is 6.16. The van der Waals surface area contributed by atoms with E-state index in [0.29, 0.717) is 21.3 Å². The number of nitro groups is 1. The zero-order valence-electron chi connectivity index (χ0n) is 9.68. The van der Waals surface area contributed by atoms with Crippen molar-refractivity contribution in [3.63, 3.8) is 0 Å². The van der Waals surface area contributed by atoms with Crippen molar-refractivity contribution in [1.29, 1.82) is 0 Å². The van der Waals surface area contributed by atoms with Gasteiger partial charge in [-0.3, -0.25) is 10.1 Å². The molecule has 0 bridgehead atoms. The molecule has 0 radical (unpaired) electrons. The summed E-state index contributed by atoms with van der Waals surface area (Å²) in [5.74, 6) is 1.09. The Balaban J connectivity index is 2.39. The molecule has 2 aromatic rings. The van der Waals surface area contributed by atoms with E-state index >= 15 is 0 Å². The molecule has 0 atom stereocenters. The average molecular weight is 387 g/mol. The Hall–Kier alpha value is -1.40. The minimum Gasteiger partial charge on any atom is -0.456 e. The third-order valence-corrected chi connectivity index (χ3v) is 3.88. The highest BCUT2D eigenvalue weighted by atomic mass is 79.9. The summed E-state index contributed by atoms with van der Waals surface area (Å²) < 4.78 is 6.08. The summed E-state index contributed by atoms with van der Waals surface area (Å²) >= 11 is 6.59. The van der Waals surface area contributed by atoms with Crippen LogP contribution in [0.1, 0.15) is 5.56 Å². The SMILES string of the molecule is O=[N+]([O-])c1cccc(Oc2ccccc2CBr)c1Br. The molecule has 0 fully saturated rings. The van der Waals surface area contributed by atoms with Gasteiger partial charge in [0.2, 0.25) is 0 Å². The van der Waals surface area contributed by atoms with Crippen LogP contribution in [0, 0.1) is 10.1 Å². The van der Waals surface area contributed by atoms with Crippen molar-refractivity contribution in [2.45, 2.75) is 5.33 Å². The maximum Gasteiger partial charge on any atom is 0.287 e. The summed E-state index contributed by atoms with van der Waals surface area (Å²) in [5.41, 5.74) is 0.953. The Morgan fingerprint density at radius 3 is 2.47 bits per heavy atom. The molecular weight excluding hydrogens is 378 g/mol. The Labute approximate surface area is 126 Å². The molecule has 0 N–H and O–H groups in total. The van der Waals surface area contributed by atoms with Gasteiger partial charge in [-0.25, -0.2) is 0 Å². The quantitative estimate of drug-likeness (QED) is 0.420. The third-order valence-electron chi connectivity index (χ3n) is 2.48. The van der Waals surface area contributed by atoms with Crippen molar-refractivity contribution >= 4 is 37.5 Å². The lowest BCUT2D eigenvalue weighted by atomic mass is 10.2. The number of ether oxygens (including phenoxy) is 1. The fraction of sp³-hybridized carbons (Fsp3) is 0.0769. The number of halogens is 2. The average Bonchev–Trinajstić information content (AvgIpc) is 2.41. The zero-order chi connectivity index (χ0) is 13.8. The largest absolute Gasteiger partial charge is 0.456 e. The summed E-state index contributed by atoms with van der Waals surface area (Å²) in [4.78, 5) is 10.4. The molecule has 2 rings (SSSR count). The van der Waals surface area contributed by atoms with Gasteiger partial charge in [0.15, 0.2) is 0 Å². The molecule has 6 heteroatoms. The van der Waals surface area contributed by atoms with Crippen molar-refractivity contribution in [3.8, 4) is 11.5 Å². The number of alkyl halides is 1. The summed E-state index contributed by atoms with van der Waals surface area (Å²) in [6.07, 6.45) is 0. The first-order valence-electron chi connectivity index (χ1n) is 5.38. The van der Waals surface area contributed by atoms with Crippen molar-refractivity contribution < 1.29 is 9.66 Å². The number of hydrogen-bond donors (Lipinski definition) is 0. The first-order valence-corrected chi connectivity index (χ1v) is 7.29. The van der Waals surface area contributed by atoms with Gasteiger partial charge in [0.25, 0.3) is 5.69 Å². The molecule has 0 saturated carbocycles. The second-order valence-corrected chi connectivity index (χ2v) is 5.04. The molecule has 19 heavy (non-hydrogen) atoms. The molecule has 0 heterocycles. The van der Waals surface area contributed by atoms with Crippen molar-refractivity contribution in [3.05, 3.63) is 62.6 Å². The molecule has 0 saturated heterocycles. The number of benzene rings is 2. The van der Waals surface area contributed by atoms with Gasteiger partial charge in [0.1, 0.15) is 16.0 Å². The van der Waals surface area contributed by atoms with Gasteiger partial charge in [0, 0.05) is 17.0 Å². The van der Waals surface area contributed by atoms with E-state index in [0.717, 1.165) is 5.56 Å². The van der Waals surface area contributed by atoms with Gasteiger partial charge in [-0.05, 0) is 28.1 Å². The normalized spacial score (nSPS) is 10.2. The lowest BCUT2D eigenvalue weighted by Crippen LogP contribution is -1.93. The van der Waals surface area contributed by atoms with Gasteiger partial charge in [-0.2, -0.15) is 0 Å². The molecule has 0 amide bonds. The molecule has 98 valence electrons. The molecular formula is C13H9Br2NO3. The summed E-state index contributed by atoms with van der Waals surface area (Å²) in [5, 5.41) is 11.5. The minimum absolute atomic E-state index is 0.0196. The van der Waals surface area contributed by atoms with Crippen LogP contribution in [-0.2, 0) is 5.33 Å². The van der Waals surface area contributed by atoms with Crippen LogP contribution in [0.4, 0.5) is 5.69 Å². The van der Waals surface area contributed by atoms with Gasteiger partial charge in [-0.15, -0.1) is 0 Å². The molecule has 0 aliphatic rings. The lowest BCUT2D eigenvalue weighted by Gasteiger charge is -2.10. The summed E-state index contributed by atoms with van der Waals surface area (Å²) in [7, 11) is 0. The molecule has 0 spiro atoms. The summed E-state index contributed by atoms with van der Waals surface area (Å²) in [6, 6.07) is 12.2. The zero-order valence-corrected chi connectivity index (χ0v) is 12.8. The standard InChI is InChI=1S/C13H9Br2NO3/c14-8-9-4-1-2-6-11(9)19-12-7-3-5-10(13(12)15)16(17)18/h1-7H,8H2. The highest BCUT2D eigenvalue weighted by Gasteiger charge is 2.16. The van der Waals surface area contributed by atoms with Crippen LogP contribution in [0.25, 0.3) is 0 Å². The van der Waals surface area contributed by atoms with E-state index < -0.39 is 4.92 Å². The number of nitrogens with zero attached hydrogens (tertiary/aromatic N) is 1. The van der Waals surface area contributed by atoms with Crippen LogP contribution in [0.5, 0.6) is 11.5 Å². The maximum absolute atomic E-state index is 10.9. The van der Waals surface area contributed by atoms with E-state index in [1.165, 1.54) is 6.07 Å². The topological polar surface area (TPSA) is 52.4 Å². The third kappa shape index (κ3) is 3.13. The van der Waals surface area contributed by atoms with Gasteiger partial charge in [-0.1, -0.05) is 40.2 Å². The summed E-state index contributed by atoms with van der Waals surface area (Å²) in [6.45, 7) is 0. The van der Waals surface area contributed by atoms with E-state index in [-0.39, 0.29) is 5.69 Å². The van der Waals surface area contributed by atoms with E-state index in [9.17, 15) is 10.1 Å². The van der Waals surface area contributed by atoms with Gasteiger partial charge in [0.05, 0.1) is 4.92 Å². The minimum atomic E-state index is -0.451. The fourth-order valence-corrected chi connectivity index (χ4v) is 2.50. The fourth-order valence-electron chi connectivity index (χ4n) is 1.55. The van der Waals surface area contributed by atoms with Crippen molar-refractivity contribution in [2.75, 3.05) is 0 Å². The Morgan fingerprint density at radius 1 is 1.11 bits per heavy atom. The number of nitro benzene ring substituents is 1. The molecule has 2 aromatic carbocycles. The first-order chi connectivity index (χ1) is 9.13. The second-order valence-electron chi connectivity index (χ2n) is 3.69. The van der Waals surface area contributed by atoms with Gasteiger partial charge >= 0.3 is 0 Å². The Kier molecular flexibility index (Phi) is 4.55. The van der Waals surface area contributed by atoms with Crippen molar-refractivity contribution in [2.24, 2.45) is 0 Å². The number of rotatable bonds is 4. The predicted octanol–water partition coefficient (Wildman–Crippen LogP) is 5.04. The maximum atomic E-state index is 10.9. The van der Waals surface area contributed by atoms with E-state index in [1.54, 1.807) is 12.1 Å². The molecule has 4 nitrogen and oxygen atoms in total. The van der Waals surface area contributed by atoms with E-state index in [4.69, 9.17) is 4.74 Å². The molecule has 0 aromatic heterocycles. The highest BCUT2D eigenvalue weighted by molar-refractivity contribution is 9.10. The van der Waals surface area contributed by atoms with Crippen LogP contribution in [-0.4, -0.2) is 4.92 Å². The smallest absolute Gasteiger partial charge is 0.287 e. The van der Waals surface area contributed by atoms with Crippen molar-refractivity contribution in [1.82, 2.24) is 0 Å². The van der Waals surface area contributed by atoms with E-state index in [2.05, 4.69) is 31.9 Å². The molecule has 0 aliphatic carbocycles. The number of hydrogen-bond acceptors (Lipinski definition) is 3. The highest BCUT2D eigenvalue weighted by Crippen LogP contribution is 2.37. The molecule has 0 aliphatic heterocycles. The lowest BCUT2D eigenvalue weighted by molar-refractivity contribution is -0.385. The Morgan fingerprint density at radius 2 is 1.79 bits per heavy atom.